The van der Waals surface area contributed by atoms with Crippen molar-refractivity contribution in [2.24, 2.45) is 0 Å². The van der Waals surface area contributed by atoms with Gasteiger partial charge in [0.25, 0.3) is 0 Å². The highest BCUT2D eigenvalue weighted by Gasteiger charge is 2.09. The number of amides is 1. The van der Waals surface area contributed by atoms with E-state index in [2.05, 4.69) is 17.2 Å². The molecule has 0 saturated carbocycles. The fraction of sp³-hybridized carbons (Fsp3) is 0.412. The van der Waals surface area contributed by atoms with Gasteiger partial charge in [-0.2, -0.15) is 0 Å². The first-order valence-corrected chi connectivity index (χ1v) is 9.19. The third kappa shape index (κ3) is 5.92. The molecule has 23 heavy (non-hydrogen) atoms. The Labute approximate surface area is 146 Å². The lowest BCUT2D eigenvalue weighted by Crippen LogP contribution is -2.33. The molecule has 1 atom stereocenters. The van der Waals surface area contributed by atoms with Crippen LogP contribution in [0.25, 0.3) is 11.5 Å². The van der Waals surface area contributed by atoms with Gasteiger partial charge in [0.15, 0.2) is 0 Å². The zero-order chi connectivity index (χ0) is 16.7. The Bertz CT molecular complexity index is 628. The molecule has 0 saturated heterocycles. The van der Waals surface area contributed by atoms with Gasteiger partial charge in [0.1, 0.15) is 6.26 Å². The standard InChI is InChI=1S/C17H21ClN2O2S/c1-3-4-12(2)19-16(21)11-23-10-15-9-22-17(20-15)13-5-7-14(18)8-6-13/h5-9,12H,3-4,10-11H2,1-2H3,(H,19,21)/t12-/m0/s1. The first-order chi connectivity index (χ1) is 11.1. The van der Waals surface area contributed by atoms with Crippen molar-refractivity contribution in [2.45, 2.75) is 38.5 Å². The second-order valence-corrected chi connectivity index (χ2v) is 6.82. The number of carbonyl (C=O) groups excluding carboxylic acids is 1. The summed E-state index contributed by atoms with van der Waals surface area (Å²) in [6, 6.07) is 7.58. The zero-order valence-electron chi connectivity index (χ0n) is 13.3. The molecular formula is C17H21ClN2O2S. The molecule has 0 aliphatic heterocycles. The fourth-order valence-electron chi connectivity index (χ4n) is 2.17. The van der Waals surface area contributed by atoms with Crippen LogP contribution in [0, 0.1) is 0 Å². The third-order valence-electron chi connectivity index (χ3n) is 3.26. The zero-order valence-corrected chi connectivity index (χ0v) is 14.9. The molecule has 1 amide bonds. The summed E-state index contributed by atoms with van der Waals surface area (Å²) in [6.45, 7) is 4.14. The molecule has 0 aliphatic rings. The van der Waals surface area contributed by atoms with E-state index in [4.69, 9.17) is 16.0 Å². The number of hydrogen-bond acceptors (Lipinski definition) is 4. The molecule has 1 aromatic heterocycles. The molecule has 124 valence electrons. The fourth-order valence-corrected chi connectivity index (χ4v) is 3.01. The topological polar surface area (TPSA) is 55.1 Å². The van der Waals surface area contributed by atoms with Crippen molar-refractivity contribution in [2.75, 3.05) is 5.75 Å². The van der Waals surface area contributed by atoms with Gasteiger partial charge >= 0.3 is 0 Å². The minimum atomic E-state index is 0.0670. The van der Waals surface area contributed by atoms with E-state index in [1.54, 1.807) is 18.4 Å². The molecule has 6 heteroatoms. The highest BCUT2D eigenvalue weighted by molar-refractivity contribution is 7.99. The number of nitrogens with one attached hydrogen (secondary N) is 1. The number of hydrogen-bond donors (Lipinski definition) is 1. The van der Waals surface area contributed by atoms with Crippen molar-refractivity contribution >= 4 is 29.3 Å². The van der Waals surface area contributed by atoms with Crippen LogP contribution in [-0.4, -0.2) is 22.7 Å². The second-order valence-electron chi connectivity index (χ2n) is 5.40. The van der Waals surface area contributed by atoms with Crippen LogP contribution in [0.15, 0.2) is 34.9 Å². The van der Waals surface area contributed by atoms with Crippen LogP contribution < -0.4 is 5.32 Å². The van der Waals surface area contributed by atoms with E-state index in [1.165, 1.54) is 11.8 Å². The van der Waals surface area contributed by atoms with Crippen molar-refractivity contribution in [3.05, 3.63) is 41.2 Å². The first-order valence-electron chi connectivity index (χ1n) is 7.66. The van der Waals surface area contributed by atoms with E-state index in [1.807, 2.05) is 19.1 Å². The van der Waals surface area contributed by atoms with Crippen LogP contribution in [0.2, 0.25) is 5.02 Å². The molecule has 1 aromatic carbocycles. The molecular weight excluding hydrogens is 332 g/mol. The van der Waals surface area contributed by atoms with Gasteiger partial charge in [-0.25, -0.2) is 4.98 Å². The molecule has 0 bridgehead atoms. The van der Waals surface area contributed by atoms with E-state index in [0.29, 0.717) is 22.4 Å². The smallest absolute Gasteiger partial charge is 0.230 e. The van der Waals surface area contributed by atoms with Crippen LogP contribution >= 0.6 is 23.4 Å². The highest BCUT2D eigenvalue weighted by atomic mass is 35.5. The van der Waals surface area contributed by atoms with Crippen LogP contribution in [0.3, 0.4) is 0 Å². The Kier molecular flexibility index (Phi) is 6.99. The van der Waals surface area contributed by atoms with Crippen LogP contribution in [-0.2, 0) is 10.5 Å². The van der Waals surface area contributed by atoms with E-state index < -0.39 is 0 Å². The monoisotopic (exact) mass is 352 g/mol. The maximum Gasteiger partial charge on any atom is 0.230 e. The molecule has 0 spiro atoms. The number of nitrogens with zero attached hydrogens (tertiary/aromatic N) is 1. The highest BCUT2D eigenvalue weighted by Crippen LogP contribution is 2.22. The molecule has 4 nitrogen and oxygen atoms in total. The third-order valence-corrected chi connectivity index (χ3v) is 4.47. The van der Waals surface area contributed by atoms with Gasteiger partial charge in [0.2, 0.25) is 11.8 Å². The van der Waals surface area contributed by atoms with Crippen molar-refractivity contribution in [1.29, 1.82) is 0 Å². The number of oxazole rings is 1. The van der Waals surface area contributed by atoms with Crippen LogP contribution in [0.4, 0.5) is 0 Å². The van der Waals surface area contributed by atoms with Gasteiger partial charge in [-0.3, -0.25) is 4.79 Å². The lowest BCUT2D eigenvalue weighted by molar-refractivity contribution is -0.119. The molecule has 0 aliphatic carbocycles. The van der Waals surface area contributed by atoms with Crippen molar-refractivity contribution in [3.8, 4) is 11.5 Å². The molecule has 2 aromatic rings. The summed E-state index contributed by atoms with van der Waals surface area (Å²) >= 11 is 7.40. The summed E-state index contributed by atoms with van der Waals surface area (Å²) in [7, 11) is 0. The Morgan fingerprint density at radius 2 is 2.13 bits per heavy atom. The van der Waals surface area contributed by atoms with E-state index in [9.17, 15) is 4.79 Å². The summed E-state index contributed by atoms with van der Waals surface area (Å²) < 4.78 is 5.48. The second kappa shape index (κ2) is 8.99. The summed E-state index contributed by atoms with van der Waals surface area (Å²) in [5, 5.41) is 3.67. The van der Waals surface area contributed by atoms with Crippen LogP contribution in [0.1, 0.15) is 32.4 Å². The van der Waals surface area contributed by atoms with Crippen molar-refractivity contribution < 1.29 is 9.21 Å². The molecule has 0 radical (unpaired) electrons. The van der Waals surface area contributed by atoms with E-state index in [0.717, 1.165) is 24.1 Å². The number of rotatable bonds is 8. The molecule has 1 heterocycles. The predicted molar refractivity (Wildman–Crippen MR) is 95.6 cm³/mol. The quantitative estimate of drug-likeness (QED) is 0.758. The Hall–Kier alpha value is -1.46. The lowest BCUT2D eigenvalue weighted by Gasteiger charge is -2.12. The minimum Gasteiger partial charge on any atom is -0.444 e. The van der Waals surface area contributed by atoms with Crippen molar-refractivity contribution in [3.63, 3.8) is 0 Å². The Morgan fingerprint density at radius 3 is 2.83 bits per heavy atom. The summed E-state index contributed by atoms with van der Waals surface area (Å²) in [5.74, 6) is 1.71. The summed E-state index contributed by atoms with van der Waals surface area (Å²) in [4.78, 5) is 16.2. The van der Waals surface area contributed by atoms with Gasteiger partial charge in [0, 0.05) is 22.4 Å². The van der Waals surface area contributed by atoms with Gasteiger partial charge in [-0.05, 0) is 37.6 Å². The largest absolute Gasteiger partial charge is 0.444 e. The maximum absolute atomic E-state index is 11.8. The molecule has 2 rings (SSSR count). The number of aromatic nitrogens is 1. The van der Waals surface area contributed by atoms with Crippen molar-refractivity contribution in [1.82, 2.24) is 10.3 Å². The number of thioether (sulfide) groups is 1. The van der Waals surface area contributed by atoms with Crippen LogP contribution in [0.5, 0.6) is 0 Å². The van der Waals surface area contributed by atoms with E-state index >= 15 is 0 Å². The number of benzene rings is 1. The van der Waals surface area contributed by atoms with E-state index in [-0.39, 0.29) is 11.9 Å². The average Bonchev–Trinajstić information content (AvgIpc) is 2.97. The Morgan fingerprint density at radius 1 is 1.39 bits per heavy atom. The number of halogens is 1. The number of carbonyl (C=O) groups is 1. The lowest BCUT2D eigenvalue weighted by atomic mass is 10.2. The minimum absolute atomic E-state index is 0.0670. The molecule has 1 N–H and O–H groups in total. The van der Waals surface area contributed by atoms with Gasteiger partial charge < -0.3 is 9.73 Å². The first kappa shape index (κ1) is 17.9. The average molecular weight is 353 g/mol. The molecule has 0 fully saturated rings. The van der Waals surface area contributed by atoms with Gasteiger partial charge in [-0.1, -0.05) is 24.9 Å². The van der Waals surface area contributed by atoms with Gasteiger partial charge in [0.05, 0.1) is 11.4 Å². The predicted octanol–water partition coefficient (Wildman–Crippen LogP) is 4.53. The maximum atomic E-state index is 11.8. The SMILES string of the molecule is CCC[C@H](C)NC(=O)CSCc1coc(-c2ccc(Cl)cc2)n1. The summed E-state index contributed by atoms with van der Waals surface area (Å²) in [5.41, 5.74) is 1.71. The molecule has 0 unspecified atom stereocenters. The van der Waals surface area contributed by atoms with Gasteiger partial charge in [-0.15, -0.1) is 11.8 Å². The Balaban J connectivity index is 1.79. The normalized spacial score (nSPS) is 12.1. The summed E-state index contributed by atoms with van der Waals surface area (Å²) in [6.07, 6.45) is 3.71.